The SMILES string of the molecule is COC(=O)c1ncsc1S(=O)(=O)Nc1ccnn1C. The molecular formula is C9H10N4O4S2. The van der Waals surface area contributed by atoms with Crippen molar-refractivity contribution >= 4 is 33.1 Å². The lowest BCUT2D eigenvalue weighted by Gasteiger charge is -2.06. The van der Waals surface area contributed by atoms with Gasteiger partial charge in [-0.1, -0.05) is 0 Å². The van der Waals surface area contributed by atoms with Crippen molar-refractivity contribution in [1.29, 1.82) is 0 Å². The number of nitrogens with zero attached hydrogens (tertiary/aromatic N) is 3. The second kappa shape index (κ2) is 4.97. The Hall–Kier alpha value is -1.94. The normalized spacial score (nSPS) is 11.3. The molecule has 2 aromatic heterocycles. The number of thiazole rings is 1. The Labute approximate surface area is 113 Å². The van der Waals surface area contributed by atoms with E-state index >= 15 is 0 Å². The first-order chi connectivity index (χ1) is 8.95. The number of carbonyl (C=O) groups is 1. The van der Waals surface area contributed by atoms with Crippen molar-refractivity contribution in [3.8, 4) is 0 Å². The third-order valence-corrected chi connectivity index (χ3v) is 4.94. The molecule has 0 aliphatic rings. The van der Waals surface area contributed by atoms with E-state index in [0.717, 1.165) is 18.4 Å². The highest BCUT2D eigenvalue weighted by Gasteiger charge is 2.27. The fourth-order valence-electron chi connectivity index (χ4n) is 1.32. The topological polar surface area (TPSA) is 103 Å². The second-order valence-corrected chi connectivity index (χ2v) is 6.16. The van der Waals surface area contributed by atoms with Crippen LogP contribution in [0, 0.1) is 0 Å². The Morgan fingerprint density at radius 2 is 2.26 bits per heavy atom. The van der Waals surface area contributed by atoms with Gasteiger partial charge >= 0.3 is 5.97 Å². The van der Waals surface area contributed by atoms with E-state index in [1.54, 1.807) is 7.05 Å². The van der Waals surface area contributed by atoms with Crippen LogP contribution in [-0.4, -0.2) is 36.3 Å². The number of rotatable bonds is 4. The van der Waals surface area contributed by atoms with Crippen LogP contribution in [0.25, 0.3) is 0 Å². The fraction of sp³-hybridized carbons (Fsp3) is 0.222. The lowest BCUT2D eigenvalue weighted by atomic mass is 10.5. The van der Waals surface area contributed by atoms with Gasteiger partial charge in [-0.2, -0.15) is 5.10 Å². The van der Waals surface area contributed by atoms with Crippen molar-refractivity contribution < 1.29 is 17.9 Å². The van der Waals surface area contributed by atoms with E-state index in [1.165, 1.54) is 22.5 Å². The number of aromatic nitrogens is 3. The first-order valence-corrected chi connectivity index (χ1v) is 7.34. The van der Waals surface area contributed by atoms with Crippen LogP contribution in [0.5, 0.6) is 0 Å². The second-order valence-electron chi connectivity index (χ2n) is 3.43. The maximum atomic E-state index is 12.2. The molecule has 102 valence electrons. The first kappa shape index (κ1) is 13.5. The number of carbonyl (C=O) groups excluding carboxylic acids is 1. The summed E-state index contributed by atoms with van der Waals surface area (Å²) >= 11 is 0.836. The minimum Gasteiger partial charge on any atom is -0.464 e. The fourth-order valence-corrected chi connectivity index (χ4v) is 3.54. The number of esters is 1. The first-order valence-electron chi connectivity index (χ1n) is 4.98. The highest BCUT2D eigenvalue weighted by Crippen LogP contribution is 2.23. The highest BCUT2D eigenvalue weighted by atomic mass is 32.2. The molecule has 0 aliphatic carbocycles. The standard InChI is InChI=1S/C9H10N4O4S2/c1-13-6(3-4-11-13)12-19(15,16)9-7(8(14)17-2)10-5-18-9/h3-5,12H,1-2H3. The number of aryl methyl sites for hydroxylation is 1. The number of nitrogens with one attached hydrogen (secondary N) is 1. The van der Waals surface area contributed by atoms with Crippen LogP contribution in [0.15, 0.2) is 22.0 Å². The van der Waals surface area contributed by atoms with Gasteiger partial charge in [0, 0.05) is 13.1 Å². The molecule has 0 unspecified atom stereocenters. The Kier molecular flexibility index (Phi) is 3.53. The maximum Gasteiger partial charge on any atom is 0.358 e. The average molecular weight is 302 g/mol. The van der Waals surface area contributed by atoms with Crippen molar-refractivity contribution in [3.63, 3.8) is 0 Å². The van der Waals surface area contributed by atoms with Crippen LogP contribution in [0.2, 0.25) is 0 Å². The minimum atomic E-state index is -3.90. The molecule has 0 saturated heterocycles. The number of anilines is 1. The van der Waals surface area contributed by atoms with Crippen LogP contribution < -0.4 is 4.72 Å². The number of hydrogen-bond acceptors (Lipinski definition) is 7. The van der Waals surface area contributed by atoms with Crippen LogP contribution in [-0.2, 0) is 21.8 Å². The summed E-state index contributed by atoms with van der Waals surface area (Å²) in [4.78, 5) is 15.1. The van der Waals surface area contributed by atoms with Gasteiger partial charge in [-0.25, -0.2) is 18.2 Å². The predicted octanol–water partition coefficient (Wildman–Crippen LogP) is 0.464. The summed E-state index contributed by atoms with van der Waals surface area (Å²) in [6, 6.07) is 1.50. The molecule has 2 rings (SSSR count). The Bertz CT molecular complexity index is 703. The van der Waals surface area contributed by atoms with E-state index in [0.29, 0.717) is 0 Å². The number of ether oxygens (including phenoxy) is 1. The monoisotopic (exact) mass is 302 g/mol. The van der Waals surface area contributed by atoms with E-state index in [4.69, 9.17) is 0 Å². The van der Waals surface area contributed by atoms with Gasteiger partial charge in [-0.3, -0.25) is 9.40 Å². The lowest BCUT2D eigenvalue weighted by molar-refractivity contribution is 0.0590. The lowest BCUT2D eigenvalue weighted by Crippen LogP contribution is -2.17. The third-order valence-electron chi connectivity index (χ3n) is 2.22. The molecular weight excluding hydrogens is 292 g/mol. The molecule has 19 heavy (non-hydrogen) atoms. The van der Waals surface area contributed by atoms with Gasteiger partial charge in [0.05, 0.1) is 18.8 Å². The summed E-state index contributed by atoms with van der Waals surface area (Å²) < 4.78 is 32.3. The largest absolute Gasteiger partial charge is 0.464 e. The van der Waals surface area contributed by atoms with E-state index in [2.05, 4.69) is 19.5 Å². The molecule has 0 fully saturated rings. The Morgan fingerprint density at radius 1 is 1.53 bits per heavy atom. The smallest absolute Gasteiger partial charge is 0.358 e. The highest BCUT2D eigenvalue weighted by molar-refractivity contribution is 7.94. The van der Waals surface area contributed by atoms with E-state index in [9.17, 15) is 13.2 Å². The molecule has 2 aromatic rings. The summed E-state index contributed by atoms with van der Waals surface area (Å²) in [6.07, 6.45) is 1.45. The van der Waals surface area contributed by atoms with Gasteiger partial charge in [0.2, 0.25) is 0 Å². The number of methoxy groups -OCH3 is 1. The van der Waals surface area contributed by atoms with Gasteiger partial charge in [0.25, 0.3) is 10.0 Å². The predicted molar refractivity (Wildman–Crippen MR) is 67.5 cm³/mol. The van der Waals surface area contributed by atoms with Crippen molar-refractivity contribution in [2.24, 2.45) is 7.05 Å². The summed E-state index contributed by atoms with van der Waals surface area (Å²) in [7, 11) is -1.16. The molecule has 0 bridgehead atoms. The van der Waals surface area contributed by atoms with Crippen LogP contribution in [0.3, 0.4) is 0 Å². The zero-order chi connectivity index (χ0) is 14.0. The molecule has 0 saturated carbocycles. The molecule has 0 spiro atoms. The number of hydrogen-bond donors (Lipinski definition) is 1. The Balaban J connectivity index is 2.38. The van der Waals surface area contributed by atoms with Crippen molar-refractivity contribution in [1.82, 2.24) is 14.8 Å². The molecule has 1 N–H and O–H groups in total. The van der Waals surface area contributed by atoms with E-state index in [-0.39, 0.29) is 15.7 Å². The summed E-state index contributed by atoms with van der Waals surface area (Å²) in [5.74, 6) is -0.518. The summed E-state index contributed by atoms with van der Waals surface area (Å²) in [5, 5.41) is 3.84. The minimum absolute atomic E-state index is 0.194. The quantitative estimate of drug-likeness (QED) is 0.823. The average Bonchev–Trinajstić information content (AvgIpc) is 2.98. The van der Waals surface area contributed by atoms with Gasteiger partial charge in [0.1, 0.15) is 5.82 Å². The third kappa shape index (κ3) is 2.58. The zero-order valence-electron chi connectivity index (χ0n) is 10.0. The summed E-state index contributed by atoms with van der Waals surface area (Å²) in [6.45, 7) is 0. The van der Waals surface area contributed by atoms with Gasteiger partial charge < -0.3 is 4.74 Å². The molecule has 0 amide bonds. The van der Waals surface area contributed by atoms with Gasteiger partial charge in [-0.05, 0) is 0 Å². The van der Waals surface area contributed by atoms with Crippen molar-refractivity contribution in [3.05, 3.63) is 23.5 Å². The number of sulfonamides is 1. The molecule has 0 atom stereocenters. The molecule has 0 aromatic carbocycles. The van der Waals surface area contributed by atoms with Crippen molar-refractivity contribution in [2.75, 3.05) is 11.8 Å². The van der Waals surface area contributed by atoms with E-state index < -0.39 is 16.0 Å². The van der Waals surface area contributed by atoms with Crippen LogP contribution >= 0.6 is 11.3 Å². The molecule has 8 nitrogen and oxygen atoms in total. The van der Waals surface area contributed by atoms with Crippen LogP contribution in [0.1, 0.15) is 10.5 Å². The summed E-state index contributed by atoms with van der Waals surface area (Å²) in [5.41, 5.74) is 1.03. The molecule has 10 heteroatoms. The van der Waals surface area contributed by atoms with Gasteiger partial charge in [-0.15, -0.1) is 11.3 Å². The van der Waals surface area contributed by atoms with Crippen molar-refractivity contribution in [2.45, 2.75) is 4.21 Å². The van der Waals surface area contributed by atoms with Crippen LogP contribution in [0.4, 0.5) is 5.82 Å². The molecule has 0 aliphatic heterocycles. The maximum absolute atomic E-state index is 12.2. The Morgan fingerprint density at radius 3 is 2.84 bits per heavy atom. The van der Waals surface area contributed by atoms with E-state index in [1.807, 2.05) is 0 Å². The molecule has 0 radical (unpaired) electrons. The zero-order valence-corrected chi connectivity index (χ0v) is 11.7. The molecule has 2 heterocycles. The van der Waals surface area contributed by atoms with Gasteiger partial charge in [0.15, 0.2) is 9.90 Å².